The van der Waals surface area contributed by atoms with Crippen LogP contribution in [0, 0.1) is 5.41 Å². The summed E-state index contributed by atoms with van der Waals surface area (Å²) in [6.07, 6.45) is 1.30. The fourth-order valence-corrected chi connectivity index (χ4v) is 2.26. The summed E-state index contributed by atoms with van der Waals surface area (Å²) in [5.74, 6) is -1.99. The van der Waals surface area contributed by atoms with Crippen LogP contribution in [0.1, 0.15) is 32.6 Å². The third kappa shape index (κ3) is 3.92. The Morgan fingerprint density at radius 1 is 1.47 bits per heavy atom. The van der Waals surface area contributed by atoms with Crippen molar-refractivity contribution in [1.29, 1.82) is 0 Å². The van der Waals surface area contributed by atoms with E-state index in [1.54, 1.807) is 0 Å². The second kappa shape index (κ2) is 6.51. The molecule has 108 valence electrons. The zero-order valence-corrected chi connectivity index (χ0v) is 11.1. The SMILES string of the molecule is CCC1(C(=O)NC(CCC(N)=O)C(=O)O)CCNC1. The minimum atomic E-state index is -1.15. The van der Waals surface area contributed by atoms with Crippen molar-refractivity contribution in [2.45, 2.75) is 38.6 Å². The standard InChI is InChI=1S/C12H21N3O4/c1-2-12(5-6-14-7-12)11(19)15-8(10(17)18)3-4-9(13)16/h8,14H,2-7H2,1H3,(H2,13,16)(H,15,19)(H,17,18). The number of carbonyl (C=O) groups excluding carboxylic acids is 2. The van der Waals surface area contributed by atoms with Crippen LogP contribution in [0.4, 0.5) is 0 Å². The van der Waals surface area contributed by atoms with E-state index in [2.05, 4.69) is 10.6 Å². The maximum absolute atomic E-state index is 12.2. The lowest BCUT2D eigenvalue weighted by atomic mass is 9.83. The third-order valence-electron chi connectivity index (χ3n) is 3.68. The quantitative estimate of drug-likeness (QED) is 0.483. The van der Waals surface area contributed by atoms with E-state index >= 15 is 0 Å². The molecule has 19 heavy (non-hydrogen) atoms. The van der Waals surface area contributed by atoms with Crippen LogP contribution in [0.15, 0.2) is 0 Å². The van der Waals surface area contributed by atoms with Crippen LogP contribution in [-0.2, 0) is 14.4 Å². The van der Waals surface area contributed by atoms with Crippen LogP contribution in [0.25, 0.3) is 0 Å². The summed E-state index contributed by atoms with van der Waals surface area (Å²) < 4.78 is 0. The molecule has 2 atom stereocenters. The van der Waals surface area contributed by atoms with Crippen molar-refractivity contribution in [3.05, 3.63) is 0 Å². The number of rotatable bonds is 7. The van der Waals surface area contributed by atoms with E-state index in [1.165, 1.54) is 0 Å². The first kappa shape index (κ1) is 15.4. The Bertz CT molecular complexity index is 364. The second-order valence-corrected chi connectivity index (χ2v) is 4.93. The summed E-state index contributed by atoms with van der Waals surface area (Å²) in [7, 11) is 0. The van der Waals surface area contributed by atoms with E-state index in [4.69, 9.17) is 10.8 Å². The number of aliphatic carboxylic acids is 1. The number of amides is 2. The molecule has 2 amide bonds. The minimum Gasteiger partial charge on any atom is -0.480 e. The molecule has 1 fully saturated rings. The Hall–Kier alpha value is -1.63. The lowest BCUT2D eigenvalue weighted by Crippen LogP contribution is -2.49. The molecule has 1 rings (SSSR count). The van der Waals surface area contributed by atoms with Gasteiger partial charge < -0.3 is 21.5 Å². The molecule has 2 unspecified atom stereocenters. The maximum Gasteiger partial charge on any atom is 0.326 e. The van der Waals surface area contributed by atoms with Gasteiger partial charge in [0.15, 0.2) is 0 Å². The molecule has 0 bridgehead atoms. The van der Waals surface area contributed by atoms with E-state index in [0.29, 0.717) is 19.4 Å². The molecule has 7 heteroatoms. The molecule has 1 aliphatic heterocycles. The van der Waals surface area contributed by atoms with Gasteiger partial charge in [-0.15, -0.1) is 0 Å². The summed E-state index contributed by atoms with van der Waals surface area (Å²) >= 11 is 0. The van der Waals surface area contributed by atoms with Crippen LogP contribution in [0.3, 0.4) is 0 Å². The molecule has 0 aromatic heterocycles. The molecule has 1 saturated heterocycles. The number of nitrogens with one attached hydrogen (secondary N) is 2. The predicted octanol–water partition coefficient (Wildman–Crippen LogP) is -0.789. The van der Waals surface area contributed by atoms with Gasteiger partial charge in [-0.2, -0.15) is 0 Å². The minimum absolute atomic E-state index is 0.0175. The number of carboxylic acid groups (broad SMARTS) is 1. The monoisotopic (exact) mass is 271 g/mol. The Morgan fingerprint density at radius 3 is 2.58 bits per heavy atom. The molecule has 0 spiro atoms. The highest BCUT2D eigenvalue weighted by Gasteiger charge is 2.40. The van der Waals surface area contributed by atoms with Crippen molar-refractivity contribution in [3.63, 3.8) is 0 Å². The lowest BCUT2D eigenvalue weighted by molar-refractivity contribution is -0.144. The fraction of sp³-hybridized carbons (Fsp3) is 0.750. The summed E-state index contributed by atoms with van der Waals surface area (Å²) in [4.78, 5) is 34.0. The van der Waals surface area contributed by atoms with Crippen molar-refractivity contribution in [3.8, 4) is 0 Å². The molecule has 0 aliphatic carbocycles. The van der Waals surface area contributed by atoms with E-state index < -0.39 is 23.3 Å². The number of nitrogens with two attached hydrogens (primary N) is 1. The number of primary amides is 1. The molecule has 5 N–H and O–H groups in total. The predicted molar refractivity (Wildman–Crippen MR) is 68.2 cm³/mol. The van der Waals surface area contributed by atoms with Gasteiger partial charge in [0.1, 0.15) is 6.04 Å². The van der Waals surface area contributed by atoms with Gasteiger partial charge in [0.05, 0.1) is 5.41 Å². The smallest absolute Gasteiger partial charge is 0.326 e. The topological polar surface area (TPSA) is 122 Å². The Balaban J connectivity index is 2.65. The van der Waals surface area contributed by atoms with Gasteiger partial charge >= 0.3 is 5.97 Å². The van der Waals surface area contributed by atoms with Crippen LogP contribution in [-0.4, -0.2) is 42.0 Å². The molecule has 0 saturated carbocycles. The van der Waals surface area contributed by atoms with Crippen LogP contribution >= 0.6 is 0 Å². The summed E-state index contributed by atoms with van der Waals surface area (Å²) in [6, 6.07) is -1.07. The van der Waals surface area contributed by atoms with Gasteiger partial charge in [-0.25, -0.2) is 4.79 Å². The Morgan fingerprint density at radius 2 is 2.16 bits per heavy atom. The van der Waals surface area contributed by atoms with Gasteiger partial charge in [-0.3, -0.25) is 9.59 Å². The molecular weight excluding hydrogens is 250 g/mol. The molecule has 0 aromatic carbocycles. The molecule has 0 radical (unpaired) electrons. The largest absolute Gasteiger partial charge is 0.480 e. The van der Waals surface area contributed by atoms with Crippen LogP contribution < -0.4 is 16.4 Å². The van der Waals surface area contributed by atoms with Crippen molar-refractivity contribution in [2.75, 3.05) is 13.1 Å². The van der Waals surface area contributed by atoms with Gasteiger partial charge in [0, 0.05) is 13.0 Å². The highest BCUT2D eigenvalue weighted by atomic mass is 16.4. The van der Waals surface area contributed by atoms with Gasteiger partial charge in [-0.1, -0.05) is 6.92 Å². The average Bonchev–Trinajstić information content (AvgIpc) is 2.83. The fourth-order valence-electron chi connectivity index (χ4n) is 2.26. The number of carboxylic acids is 1. The maximum atomic E-state index is 12.2. The zero-order valence-electron chi connectivity index (χ0n) is 11.1. The van der Waals surface area contributed by atoms with Gasteiger partial charge in [0.25, 0.3) is 0 Å². The second-order valence-electron chi connectivity index (χ2n) is 4.93. The van der Waals surface area contributed by atoms with Gasteiger partial charge in [-0.05, 0) is 25.8 Å². The normalized spacial score (nSPS) is 23.8. The molecular formula is C12H21N3O4. The highest BCUT2D eigenvalue weighted by molar-refractivity contribution is 5.88. The van der Waals surface area contributed by atoms with Crippen LogP contribution in [0.5, 0.6) is 0 Å². The van der Waals surface area contributed by atoms with E-state index in [9.17, 15) is 14.4 Å². The first-order valence-corrected chi connectivity index (χ1v) is 6.44. The lowest BCUT2D eigenvalue weighted by Gasteiger charge is -2.27. The Labute approximate surface area is 111 Å². The Kier molecular flexibility index (Phi) is 5.29. The summed E-state index contributed by atoms with van der Waals surface area (Å²) in [6.45, 7) is 3.21. The van der Waals surface area contributed by atoms with Crippen LogP contribution in [0.2, 0.25) is 0 Å². The number of hydrogen-bond donors (Lipinski definition) is 4. The zero-order chi connectivity index (χ0) is 14.5. The van der Waals surface area contributed by atoms with Crippen molar-refractivity contribution in [1.82, 2.24) is 10.6 Å². The van der Waals surface area contributed by atoms with E-state index in [1.807, 2.05) is 6.92 Å². The first-order chi connectivity index (χ1) is 8.91. The molecule has 0 aromatic rings. The molecule has 1 heterocycles. The molecule has 7 nitrogen and oxygen atoms in total. The highest BCUT2D eigenvalue weighted by Crippen LogP contribution is 2.29. The van der Waals surface area contributed by atoms with Crippen molar-refractivity contribution in [2.24, 2.45) is 11.1 Å². The number of hydrogen-bond acceptors (Lipinski definition) is 4. The van der Waals surface area contributed by atoms with Crippen molar-refractivity contribution < 1.29 is 19.5 Å². The third-order valence-corrected chi connectivity index (χ3v) is 3.68. The number of carbonyl (C=O) groups is 3. The van der Waals surface area contributed by atoms with Gasteiger partial charge in [0.2, 0.25) is 11.8 Å². The van der Waals surface area contributed by atoms with Crippen molar-refractivity contribution >= 4 is 17.8 Å². The average molecular weight is 271 g/mol. The molecule has 1 aliphatic rings. The van der Waals surface area contributed by atoms with E-state index in [0.717, 1.165) is 6.54 Å². The summed E-state index contributed by atoms with van der Waals surface area (Å²) in [5, 5.41) is 14.7. The van der Waals surface area contributed by atoms with E-state index in [-0.39, 0.29) is 18.7 Å². The summed E-state index contributed by atoms with van der Waals surface area (Å²) in [5.41, 5.74) is 4.45. The first-order valence-electron chi connectivity index (χ1n) is 6.44.